The minimum absolute atomic E-state index is 0.0256. The SMILES string of the molecule is N[C@H](CCC(=O)N[C@H](CS)C(=O)NCC(=O)O)C(=O)O. The summed E-state index contributed by atoms with van der Waals surface area (Å²) in [6.07, 6.45) is -0.235. The van der Waals surface area contributed by atoms with Crippen molar-refractivity contribution in [3.8, 4) is 0 Å². The van der Waals surface area contributed by atoms with E-state index < -0.39 is 42.4 Å². The van der Waals surface area contributed by atoms with E-state index in [0.717, 1.165) is 0 Å². The summed E-state index contributed by atoms with van der Waals surface area (Å²) < 4.78 is 0. The average molecular weight is 307 g/mol. The number of hydrogen-bond acceptors (Lipinski definition) is 6. The standard InChI is InChI=1S/C10H17N3O6S/c11-5(10(18)19)1-2-7(14)13-6(4-20)9(17)12-3-8(15)16/h5-6,20H,1-4,11H2,(H,12,17)(H,13,14)(H,15,16)(H,18,19)/t5-,6-/m1/s1. The van der Waals surface area contributed by atoms with E-state index in [1.165, 1.54) is 0 Å². The molecule has 0 aromatic rings. The molecule has 2 amide bonds. The zero-order valence-electron chi connectivity index (χ0n) is 10.5. The Bertz CT molecular complexity index is 389. The Morgan fingerprint density at radius 1 is 1.20 bits per heavy atom. The normalized spacial score (nSPS) is 13.1. The van der Waals surface area contributed by atoms with Gasteiger partial charge in [0.05, 0.1) is 0 Å². The van der Waals surface area contributed by atoms with E-state index in [1.807, 2.05) is 0 Å². The number of carboxylic acids is 2. The van der Waals surface area contributed by atoms with Crippen LogP contribution in [0.5, 0.6) is 0 Å². The summed E-state index contributed by atoms with van der Waals surface area (Å²) in [7, 11) is 0. The van der Waals surface area contributed by atoms with E-state index in [4.69, 9.17) is 15.9 Å². The molecule has 6 N–H and O–H groups in total. The number of carbonyl (C=O) groups is 4. The van der Waals surface area contributed by atoms with Crippen LogP contribution >= 0.6 is 12.6 Å². The maximum Gasteiger partial charge on any atom is 0.322 e. The molecular weight excluding hydrogens is 290 g/mol. The lowest BCUT2D eigenvalue weighted by Gasteiger charge is -2.16. The van der Waals surface area contributed by atoms with E-state index in [2.05, 4.69) is 23.3 Å². The molecule has 0 bridgehead atoms. The first kappa shape index (κ1) is 18.2. The van der Waals surface area contributed by atoms with Gasteiger partial charge in [-0.1, -0.05) is 0 Å². The maximum absolute atomic E-state index is 11.5. The van der Waals surface area contributed by atoms with Crippen LogP contribution in [0.4, 0.5) is 0 Å². The second kappa shape index (κ2) is 9.15. The van der Waals surface area contributed by atoms with Crippen LogP contribution in [0.2, 0.25) is 0 Å². The fourth-order valence-electron chi connectivity index (χ4n) is 1.16. The maximum atomic E-state index is 11.5. The van der Waals surface area contributed by atoms with Crippen LogP contribution in [0.3, 0.4) is 0 Å². The van der Waals surface area contributed by atoms with Crippen molar-refractivity contribution in [3.63, 3.8) is 0 Å². The van der Waals surface area contributed by atoms with Gasteiger partial charge in [-0.25, -0.2) is 0 Å². The number of hydrogen-bond donors (Lipinski definition) is 6. The molecule has 0 aliphatic heterocycles. The van der Waals surface area contributed by atoms with Crippen LogP contribution in [0.1, 0.15) is 12.8 Å². The first-order valence-electron chi connectivity index (χ1n) is 5.66. The Kier molecular flexibility index (Phi) is 8.32. The van der Waals surface area contributed by atoms with Gasteiger partial charge < -0.3 is 26.6 Å². The zero-order chi connectivity index (χ0) is 15.7. The number of aliphatic carboxylic acids is 2. The molecule has 0 spiro atoms. The molecule has 20 heavy (non-hydrogen) atoms. The highest BCUT2D eigenvalue weighted by Gasteiger charge is 2.20. The molecule has 0 fully saturated rings. The number of nitrogens with two attached hydrogens (primary N) is 1. The number of carboxylic acid groups (broad SMARTS) is 2. The average Bonchev–Trinajstić information content (AvgIpc) is 2.38. The number of amides is 2. The predicted molar refractivity (Wildman–Crippen MR) is 71.3 cm³/mol. The van der Waals surface area contributed by atoms with E-state index in [9.17, 15) is 19.2 Å². The van der Waals surface area contributed by atoms with E-state index in [1.54, 1.807) is 0 Å². The molecule has 0 heterocycles. The summed E-state index contributed by atoms with van der Waals surface area (Å²) in [6, 6.07) is -2.15. The molecule has 0 aliphatic carbocycles. The smallest absolute Gasteiger partial charge is 0.322 e. The third kappa shape index (κ3) is 7.59. The minimum atomic E-state index is -1.22. The number of rotatable bonds is 9. The van der Waals surface area contributed by atoms with Gasteiger partial charge in [-0.15, -0.1) is 0 Å². The van der Waals surface area contributed by atoms with Crippen LogP contribution in [-0.4, -0.2) is 58.3 Å². The van der Waals surface area contributed by atoms with E-state index >= 15 is 0 Å². The molecular formula is C10H17N3O6S. The van der Waals surface area contributed by atoms with Crippen molar-refractivity contribution < 1.29 is 29.4 Å². The lowest BCUT2D eigenvalue weighted by atomic mass is 10.1. The highest BCUT2D eigenvalue weighted by atomic mass is 32.1. The minimum Gasteiger partial charge on any atom is -0.480 e. The van der Waals surface area contributed by atoms with Crippen LogP contribution in [0.25, 0.3) is 0 Å². The van der Waals surface area contributed by atoms with Gasteiger partial charge in [-0.05, 0) is 6.42 Å². The van der Waals surface area contributed by atoms with Gasteiger partial charge in [0.15, 0.2) is 0 Å². The number of nitrogens with one attached hydrogen (secondary N) is 2. The molecule has 0 rings (SSSR count). The first-order chi connectivity index (χ1) is 9.27. The molecule has 10 heteroatoms. The van der Waals surface area contributed by atoms with Crippen molar-refractivity contribution in [2.24, 2.45) is 5.73 Å². The lowest BCUT2D eigenvalue weighted by molar-refractivity contribution is -0.139. The van der Waals surface area contributed by atoms with Gasteiger partial charge >= 0.3 is 11.9 Å². The van der Waals surface area contributed by atoms with Crippen molar-refractivity contribution >= 4 is 36.4 Å². The van der Waals surface area contributed by atoms with Gasteiger partial charge in [0.1, 0.15) is 18.6 Å². The van der Waals surface area contributed by atoms with Crippen LogP contribution in [0, 0.1) is 0 Å². The van der Waals surface area contributed by atoms with Gasteiger partial charge in [0.2, 0.25) is 11.8 Å². The molecule has 0 aliphatic rings. The highest BCUT2D eigenvalue weighted by Crippen LogP contribution is 1.97. The summed E-state index contributed by atoms with van der Waals surface area (Å²) >= 11 is 3.87. The molecule has 0 unspecified atom stereocenters. The molecule has 0 aromatic carbocycles. The van der Waals surface area contributed by atoms with Crippen LogP contribution < -0.4 is 16.4 Å². The fraction of sp³-hybridized carbons (Fsp3) is 0.600. The lowest BCUT2D eigenvalue weighted by Crippen LogP contribution is -2.49. The molecule has 0 radical (unpaired) electrons. The fourth-order valence-corrected chi connectivity index (χ4v) is 1.41. The Morgan fingerprint density at radius 2 is 1.80 bits per heavy atom. The molecule has 114 valence electrons. The van der Waals surface area contributed by atoms with Crippen molar-refractivity contribution in [2.75, 3.05) is 12.3 Å². The van der Waals surface area contributed by atoms with Gasteiger partial charge in [-0.3, -0.25) is 19.2 Å². The summed E-state index contributed by atoms with van der Waals surface area (Å²) in [5.41, 5.74) is 5.23. The van der Waals surface area contributed by atoms with Gasteiger partial charge in [0.25, 0.3) is 0 Å². The third-order valence-corrected chi connectivity index (χ3v) is 2.61. The quantitative estimate of drug-likeness (QED) is 0.263. The molecule has 0 aromatic heterocycles. The monoisotopic (exact) mass is 307 g/mol. The van der Waals surface area contributed by atoms with Crippen LogP contribution in [0.15, 0.2) is 0 Å². The van der Waals surface area contributed by atoms with Crippen molar-refractivity contribution in [3.05, 3.63) is 0 Å². The molecule has 9 nitrogen and oxygen atoms in total. The van der Waals surface area contributed by atoms with Crippen LogP contribution in [-0.2, 0) is 19.2 Å². The summed E-state index contributed by atoms with van der Waals surface area (Å²) in [6.45, 7) is -0.567. The Hall–Kier alpha value is -1.81. The van der Waals surface area contributed by atoms with Crippen molar-refractivity contribution in [2.45, 2.75) is 24.9 Å². The Morgan fingerprint density at radius 3 is 2.25 bits per heavy atom. The Balaban J connectivity index is 4.21. The van der Waals surface area contributed by atoms with E-state index in [-0.39, 0.29) is 18.6 Å². The first-order valence-corrected chi connectivity index (χ1v) is 6.29. The third-order valence-electron chi connectivity index (χ3n) is 2.25. The highest BCUT2D eigenvalue weighted by molar-refractivity contribution is 7.80. The molecule has 0 saturated carbocycles. The molecule has 2 atom stereocenters. The Labute approximate surface area is 120 Å². The second-order valence-electron chi connectivity index (χ2n) is 3.90. The summed E-state index contributed by atoms with van der Waals surface area (Å²) in [4.78, 5) is 43.7. The van der Waals surface area contributed by atoms with E-state index in [0.29, 0.717) is 0 Å². The molecule has 0 saturated heterocycles. The number of thiol groups is 1. The number of carbonyl (C=O) groups excluding carboxylic acids is 2. The zero-order valence-corrected chi connectivity index (χ0v) is 11.4. The summed E-state index contributed by atoms with van der Waals surface area (Å²) in [5, 5.41) is 21.4. The van der Waals surface area contributed by atoms with Crippen molar-refractivity contribution in [1.29, 1.82) is 0 Å². The second-order valence-corrected chi connectivity index (χ2v) is 4.26. The van der Waals surface area contributed by atoms with Gasteiger partial charge in [-0.2, -0.15) is 12.6 Å². The van der Waals surface area contributed by atoms with Crippen molar-refractivity contribution in [1.82, 2.24) is 10.6 Å². The topological polar surface area (TPSA) is 159 Å². The predicted octanol–water partition coefficient (Wildman–Crippen LogP) is -2.21. The van der Waals surface area contributed by atoms with Gasteiger partial charge in [0, 0.05) is 12.2 Å². The summed E-state index contributed by atoms with van der Waals surface area (Å²) in [5.74, 6) is -3.70. The largest absolute Gasteiger partial charge is 0.480 e.